The summed E-state index contributed by atoms with van der Waals surface area (Å²) in [5.74, 6) is 0. The van der Waals surface area contributed by atoms with Crippen LogP contribution in [0.5, 0.6) is 0 Å². The van der Waals surface area contributed by atoms with Crippen LogP contribution in [0, 0.1) is 0 Å². The van der Waals surface area contributed by atoms with Crippen molar-refractivity contribution in [2.45, 2.75) is 64.9 Å². The molecule has 5 nitrogen and oxygen atoms in total. The zero-order valence-corrected chi connectivity index (χ0v) is 14.7. The highest BCUT2D eigenvalue weighted by atomic mass is 16.5. The molecular formula is C18H28N2O3. The molecule has 2 amide bonds. The monoisotopic (exact) mass is 320 g/mol. The van der Waals surface area contributed by atoms with Gasteiger partial charge < -0.3 is 20.1 Å². The van der Waals surface area contributed by atoms with E-state index in [1.54, 1.807) is 0 Å². The van der Waals surface area contributed by atoms with Crippen LogP contribution in [0.1, 0.15) is 46.6 Å². The molecule has 128 valence electrons. The molecule has 1 heterocycles. The van der Waals surface area contributed by atoms with Crippen molar-refractivity contribution < 1.29 is 14.3 Å². The molecule has 5 heteroatoms. The van der Waals surface area contributed by atoms with E-state index < -0.39 is 0 Å². The Morgan fingerprint density at radius 3 is 2.61 bits per heavy atom. The van der Waals surface area contributed by atoms with E-state index in [1.807, 2.05) is 58.9 Å². The molecule has 1 saturated heterocycles. The number of hydrogen-bond acceptors (Lipinski definition) is 3. The first-order chi connectivity index (χ1) is 10.7. The fourth-order valence-electron chi connectivity index (χ4n) is 3.08. The van der Waals surface area contributed by atoms with Crippen molar-refractivity contribution >= 4 is 11.7 Å². The third-order valence-corrected chi connectivity index (χ3v) is 4.11. The van der Waals surface area contributed by atoms with Gasteiger partial charge in [-0.1, -0.05) is 18.2 Å². The van der Waals surface area contributed by atoms with Crippen LogP contribution in [-0.2, 0) is 16.1 Å². The largest absolute Gasteiger partial charge is 0.377 e. The zero-order chi connectivity index (χ0) is 17.1. The number of carbonyl (C=O) groups excluding carboxylic acids is 1. The van der Waals surface area contributed by atoms with Gasteiger partial charge in [-0.3, -0.25) is 0 Å². The van der Waals surface area contributed by atoms with E-state index in [9.17, 15) is 4.79 Å². The normalized spacial score (nSPS) is 21.9. The summed E-state index contributed by atoms with van der Waals surface area (Å²) in [7, 11) is 0. The van der Waals surface area contributed by atoms with Crippen molar-refractivity contribution in [2.24, 2.45) is 0 Å². The summed E-state index contributed by atoms with van der Waals surface area (Å²) in [5, 5.41) is 5.97. The summed E-state index contributed by atoms with van der Waals surface area (Å²) in [6.07, 6.45) is 0.786. The first-order valence-corrected chi connectivity index (χ1v) is 8.17. The van der Waals surface area contributed by atoms with Crippen LogP contribution in [-0.4, -0.2) is 29.9 Å². The second kappa shape index (κ2) is 6.89. The highest BCUT2D eigenvalue weighted by molar-refractivity contribution is 5.90. The molecule has 2 N–H and O–H groups in total. The first-order valence-electron chi connectivity index (χ1n) is 8.17. The molecule has 1 aliphatic heterocycles. The van der Waals surface area contributed by atoms with Crippen LogP contribution in [0.4, 0.5) is 10.5 Å². The number of urea groups is 1. The van der Waals surface area contributed by atoms with E-state index in [4.69, 9.17) is 9.47 Å². The number of para-hydroxylation sites is 1. The van der Waals surface area contributed by atoms with Crippen molar-refractivity contribution in [3.8, 4) is 0 Å². The molecule has 1 atom stereocenters. The van der Waals surface area contributed by atoms with Crippen LogP contribution in [0.3, 0.4) is 0 Å². The van der Waals surface area contributed by atoms with Crippen LogP contribution in [0.25, 0.3) is 0 Å². The molecule has 1 fully saturated rings. The molecule has 1 unspecified atom stereocenters. The molecule has 0 saturated carbocycles. The predicted molar refractivity (Wildman–Crippen MR) is 91.6 cm³/mol. The van der Waals surface area contributed by atoms with E-state index in [0.29, 0.717) is 13.2 Å². The van der Waals surface area contributed by atoms with E-state index in [1.165, 1.54) is 0 Å². The van der Waals surface area contributed by atoms with Crippen molar-refractivity contribution in [1.82, 2.24) is 5.32 Å². The van der Waals surface area contributed by atoms with Gasteiger partial charge in [0.05, 0.1) is 23.9 Å². The average Bonchev–Trinajstić information content (AvgIpc) is 2.65. The molecule has 1 aliphatic rings. The standard InChI is InChI=1S/C18H28N2O3/c1-6-22-12-13-9-7-8-10-14(13)19-16(21)20-15-11-17(2,3)23-18(15,4)5/h7-10,15H,6,11-12H2,1-5H3,(H2,19,20,21). The van der Waals surface area contributed by atoms with Gasteiger partial charge in [-0.05, 0) is 47.1 Å². The van der Waals surface area contributed by atoms with Gasteiger partial charge >= 0.3 is 6.03 Å². The highest BCUT2D eigenvalue weighted by Crippen LogP contribution is 2.37. The van der Waals surface area contributed by atoms with Gasteiger partial charge in [-0.2, -0.15) is 0 Å². The van der Waals surface area contributed by atoms with Gasteiger partial charge in [0.25, 0.3) is 0 Å². The van der Waals surface area contributed by atoms with E-state index in [2.05, 4.69) is 10.6 Å². The fraction of sp³-hybridized carbons (Fsp3) is 0.611. The maximum Gasteiger partial charge on any atom is 0.319 e. The lowest BCUT2D eigenvalue weighted by molar-refractivity contribution is -0.0689. The summed E-state index contributed by atoms with van der Waals surface area (Å²) < 4.78 is 11.5. The Balaban J connectivity index is 2.00. The van der Waals surface area contributed by atoms with Gasteiger partial charge in [0, 0.05) is 17.9 Å². The van der Waals surface area contributed by atoms with Crippen LogP contribution in [0.2, 0.25) is 0 Å². The Labute approximate surface area is 138 Å². The second-order valence-electron chi connectivity index (χ2n) is 7.11. The number of hydrogen-bond donors (Lipinski definition) is 2. The summed E-state index contributed by atoms with van der Waals surface area (Å²) in [4.78, 5) is 12.4. The molecule has 1 aromatic rings. The maximum absolute atomic E-state index is 12.4. The molecular weight excluding hydrogens is 292 g/mol. The minimum atomic E-state index is -0.383. The fourth-order valence-corrected chi connectivity index (χ4v) is 3.08. The van der Waals surface area contributed by atoms with Crippen molar-refractivity contribution in [3.63, 3.8) is 0 Å². The minimum Gasteiger partial charge on any atom is -0.377 e. The Kier molecular flexibility index (Phi) is 5.32. The van der Waals surface area contributed by atoms with Crippen LogP contribution in [0.15, 0.2) is 24.3 Å². The van der Waals surface area contributed by atoms with E-state index >= 15 is 0 Å². The summed E-state index contributed by atoms with van der Waals surface area (Å²) in [5.41, 5.74) is 1.13. The number of anilines is 1. The topological polar surface area (TPSA) is 59.6 Å². The zero-order valence-electron chi connectivity index (χ0n) is 14.7. The molecule has 2 rings (SSSR count). The van der Waals surface area contributed by atoms with E-state index in [0.717, 1.165) is 17.7 Å². The minimum absolute atomic E-state index is 0.0310. The number of benzene rings is 1. The van der Waals surface area contributed by atoms with Gasteiger partial charge in [0.1, 0.15) is 0 Å². The Morgan fingerprint density at radius 1 is 1.30 bits per heavy atom. The van der Waals surface area contributed by atoms with Crippen molar-refractivity contribution in [1.29, 1.82) is 0 Å². The van der Waals surface area contributed by atoms with Crippen molar-refractivity contribution in [2.75, 3.05) is 11.9 Å². The predicted octanol–water partition coefficient (Wildman–Crippen LogP) is 3.69. The molecule has 0 radical (unpaired) electrons. The SMILES string of the molecule is CCOCc1ccccc1NC(=O)NC1CC(C)(C)OC1(C)C. The Bertz CT molecular complexity index is 555. The molecule has 23 heavy (non-hydrogen) atoms. The first kappa shape index (κ1) is 17.8. The summed E-state index contributed by atoms with van der Waals surface area (Å²) >= 11 is 0. The lowest BCUT2D eigenvalue weighted by Gasteiger charge is -2.27. The number of ether oxygens (including phenoxy) is 2. The van der Waals surface area contributed by atoms with E-state index in [-0.39, 0.29) is 23.3 Å². The average molecular weight is 320 g/mol. The third kappa shape index (κ3) is 4.69. The smallest absolute Gasteiger partial charge is 0.319 e. The molecule has 1 aromatic carbocycles. The van der Waals surface area contributed by atoms with Crippen molar-refractivity contribution in [3.05, 3.63) is 29.8 Å². The van der Waals surface area contributed by atoms with Crippen LogP contribution >= 0.6 is 0 Å². The number of rotatable bonds is 5. The lowest BCUT2D eigenvalue weighted by Crippen LogP contribution is -2.47. The maximum atomic E-state index is 12.4. The molecule has 0 spiro atoms. The van der Waals surface area contributed by atoms with Gasteiger partial charge in [-0.25, -0.2) is 4.79 Å². The number of nitrogens with one attached hydrogen (secondary N) is 2. The third-order valence-electron chi connectivity index (χ3n) is 4.11. The summed E-state index contributed by atoms with van der Waals surface area (Å²) in [6.45, 7) is 11.2. The van der Waals surface area contributed by atoms with Crippen LogP contribution < -0.4 is 10.6 Å². The quantitative estimate of drug-likeness (QED) is 0.870. The Hall–Kier alpha value is -1.59. The lowest BCUT2D eigenvalue weighted by atomic mass is 9.95. The van der Waals surface area contributed by atoms with Gasteiger partial charge in [-0.15, -0.1) is 0 Å². The summed E-state index contributed by atoms with van der Waals surface area (Å²) in [6, 6.07) is 7.43. The highest BCUT2D eigenvalue weighted by Gasteiger charge is 2.46. The number of amides is 2. The van der Waals surface area contributed by atoms with Gasteiger partial charge in [0.2, 0.25) is 0 Å². The number of carbonyl (C=O) groups is 1. The molecule has 0 aromatic heterocycles. The van der Waals surface area contributed by atoms with Gasteiger partial charge in [0.15, 0.2) is 0 Å². The molecule has 0 aliphatic carbocycles. The Morgan fingerprint density at radius 2 is 2.00 bits per heavy atom. The second-order valence-corrected chi connectivity index (χ2v) is 7.11. The molecule has 0 bridgehead atoms.